The van der Waals surface area contributed by atoms with Gasteiger partial charge in [0.2, 0.25) is 0 Å². The first-order valence-electron chi connectivity index (χ1n) is 8.08. The molecule has 0 aromatic heterocycles. The Morgan fingerprint density at radius 2 is 1.89 bits per heavy atom. The van der Waals surface area contributed by atoms with E-state index in [1.165, 1.54) is 17.0 Å². The van der Waals surface area contributed by atoms with Crippen LogP contribution in [-0.4, -0.2) is 25.3 Å². The highest BCUT2D eigenvalue weighted by molar-refractivity contribution is 5.91. The molecule has 142 valence electrons. The fourth-order valence-electron chi connectivity index (χ4n) is 2.57. The molecule has 2 N–H and O–H groups in total. The molecule has 0 bridgehead atoms. The zero-order valence-corrected chi connectivity index (χ0v) is 14.0. The first-order valence-corrected chi connectivity index (χ1v) is 8.08. The summed E-state index contributed by atoms with van der Waals surface area (Å²) in [6.45, 7) is 0.743. The second-order valence-electron chi connectivity index (χ2n) is 5.82. The van der Waals surface area contributed by atoms with Crippen molar-refractivity contribution < 1.29 is 27.5 Å². The van der Waals surface area contributed by atoms with Gasteiger partial charge >= 0.3 is 18.3 Å². The van der Waals surface area contributed by atoms with Gasteiger partial charge in [-0.1, -0.05) is 12.1 Å². The van der Waals surface area contributed by atoms with Crippen molar-refractivity contribution in [2.45, 2.75) is 12.7 Å². The zero-order chi connectivity index (χ0) is 19.4. The Bertz CT molecular complexity index is 838. The molecule has 1 fully saturated rings. The van der Waals surface area contributed by atoms with Crippen LogP contribution in [0, 0.1) is 0 Å². The molecule has 0 spiro atoms. The van der Waals surface area contributed by atoms with Gasteiger partial charge in [0.05, 0.1) is 12.1 Å². The summed E-state index contributed by atoms with van der Waals surface area (Å²) in [4.78, 5) is 24.9. The molecule has 6 nitrogen and oxygen atoms in total. The highest BCUT2D eigenvalue weighted by Crippen LogP contribution is 2.29. The summed E-state index contributed by atoms with van der Waals surface area (Å²) >= 11 is 0. The normalized spacial score (nSPS) is 14.0. The van der Waals surface area contributed by atoms with Gasteiger partial charge in [0.1, 0.15) is 6.61 Å². The lowest BCUT2D eigenvalue weighted by molar-refractivity contribution is -0.137. The minimum absolute atomic E-state index is 0.0482. The van der Waals surface area contributed by atoms with E-state index in [2.05, 4.69) is 10.6 Å². The number of carbonyl (C=O) groups excluding carboxylic acids is 2. The molecule has 9 heteroatoms. The lowest BCUT2D eigenvalue weighted by Crippen LogP contribution is -2.28. The molecule has 1 aliphatic heterocycles. The van der Waals surface area contributed by atoms with Crippen molar-refractivity contribution in [3.8, 4) is 0 Å². The third-order valence-corrected chi connectivity index (χ3v) is 3.91. The van der Waals surface area contributed by atoms with E-state index in [4.69, 9.17) is 4.74 Å². The molecule has 1 aliphatic rings. The van der Waals surface area contributed by atoms with Crippen molar-refractivity contribution in [1.82, 2.24) is 5.32 Å². The van der Waals surface area contributed by atoms with Crippen molar-refractivity contribution in [2.75, 3.05) is 23.4 Å². The van der Waals surface area contributed by atoms with E-state index in [9.17, 15) is 22.8 Å². The third-order valence-electron chi connectivity index (χ3n) is 3.91. The number of carbonyl (C=O) groups is 2. The van der Waals surface area contributed by atoms with Crippen LogP contribution in [0.1, 0.15) is 11.1 Å². The second kappa shape index (κ2) is 7.56. The number of rotatable bonds is 4. The quantitative estimate of drug-likeness (QED) is 0.844. The summed E-state index contributed by atoms with van der Waals surface area (Å²) in [6, 6.07) is 10.8. The van der Waals surface area contributed by atoms with Gasteiger partial charge in [-0.25, -0.2) is 9.59 Å². The highest BCUT2D eigenvalue weighted by atomic mass is 19.4. The van der Waals surface area contributed by atoms with E-state index >= 15 is 0 Å². The molecule has 3 rings (SSSR count). The number of hydrogen-bond donors (Lipinski definition) is 2. The van der Waals surface area contributed by atoms with Crippen molar-refractivity contribution in [3.63, 3.8) is 0 Å². The molecule has 1 heterocycles. The Labute approximate surface area is 152 Å². The lowest BCUT2D eigenvalue weighted by Gasteiger charge is -2.14. The Hall–Kier alpha value is -3.23. The van der Waals surface area contributed by atoms with Crippen LogP contribution in [0.15, 0.2) is 48.5 Å². The maximum atomic E-state index is 12.7. The topological polar surface area (TPSA) is 70.7 Å². The van der Waals surface area contributed by atoms with Crippen molar-refractivity contribution in [3.05, 3.63) is 59.7 Å². The van der Waals surface area contributed by atoms with Gasteiger partial charge in [-0.15, -0.1) is 0 Å². The Morgan fingerprint density at radius 3 is 2.52 bits per heavy atom. The number of alkyl halides is 3. The molecular weight excluding hydrogens is 363 g/mol. The average molecular weight is 379 g/mol. The fraction of sp³-hybridized carbons (Fsp3) is 0.222. The summed E-state index contributed by atoms with van der Waals surface area (Å²) in [5, 5.41) is 5.08. The number of cyclic esters (lactones) is 1. The summed E-state index contributed by atoms with van der Waals surface area (Å²) in [6.07, 6.45) is -4.85. The second-order valence-corrected chi connectivity index (χ2v) is 5.82. The number of halogens is 3. The van der Waals surface area contributed by atoms with Crippen LogP contribution in [0.5, 0.6) is 0 Å². The van der Waals surface area contributed by atoms with E-state index in [1.807, 2.05) is 0 Å². The standard InChI is InChI=1S/C18H16F3N3O3/c19-18(20,21)13-3-1-2-12(10-13)11-22-16(25)23-14-4-6-15(7-5-14)24-8-9-27-17(24)26/h1-7,10H,8-9,11H2,(H2,22,23,25). The summed E-state index contributed by atoms with van der Waals surface area (Å²) in [5.74, 6) is 0. The summed E-state index contributed by atoms with van der Waals surface area (Å²) in [5.41, 5.74) is 0.696. The SMILES string of the molecule is O=C(NCc1cccc(C(F)(F)F)c1)Nc1ccc(N2CCOC2=O)cc1. The van der Waals surface area contributed by atoms with Crippen molar-refractivity contribution in [1.29, 1.82) is 0 Å². The number of amides is 3. The van der Waals surface area contributed by atoms with Crippen LogP contribution >= 0.6 is 0 Å². The Morgan fingerprint density at radius 1 is 1.15 bits per heavy atom. The summed E-state index contributed by atoms with van der Waals surface area (Å²) in [7, 11) is 0. The molecular formula is C18H16F3N3O3. The van der Waals surface area contributed by atoms with E-state index in [0.29, 0.717) is 30.1 Å². The number of ether oxygens (including phenoxy) is 1. The Kier molecular flexibility index (Phi) is 5.20. The first kappa shape index (κ1) is 18.6. The molecule has 0 radical (unpaired) electrons. The fourth-order valence-corrected chi connectivity index (χ4v) is 2.57. The first-order chi connectivity index (χ1) is 12.8. The smallest absolute Gasteiger partial charge is 0.416 e. The van der Waals surface area contributed by atoms with E-state index in [0.717, 1.165) is 12.1 Å². The van der Waals surface area contributed by atoms with Crippen LogP contribution in [-0.2, 0) is 17.5 Å². The van der Waals surface area contributed by atoms with Crippen molar-refractivity contribution in [2.24, 2.45) is 0 Å². The summed E-state index contributed by atoms with van der Waals surface area (Å²) < 4.78 is 42.9. The monoisotopic (exact) mass is 379 g/mol. The minimum atomic E-state index is -4.43. The van der Waals surface area contributed by atoms with Crippen LogP contribution < -0.4 is 15.5 Å². The van der Waals surface area contributed by atoms with Gasteiger partial charge < -0.3 is 15.4 Å². The molecule has 2 aromatic rings. The minimum Gasteiger partial charge on any atom is -0.447 e. The molecule has 0 atom stereocenters. The van der Waals surface area contributed by atoms with Gasteiger partial charge in [0.15, 0.2) is 0 Å². The zero-order valence-electron chi connectivity index (χ0n) is 14.0. The van der Waals surface area contributed by atoms with Crippen molar-refractivity contribution >= 4 is 23.5 Å². The van der Waals surface area contributed by atoms with Gasteiger partial charge in [-0.3, -0.25) is 4.90 Å². The molecule has 1 saturated heterocycles. The molecule has 2 aromatic carbocycles. The third kappa shape index (κ3) is 4.69. The predicted octanol–water partition coefficient (Wildman–Crippen LogP) is 3.98. The number of nitrogens with zero attached hydrogens (tertiary/aromatic N) is 1. The molecule has 0 aliphatic carbocycles. The van der Waals surface area contributed by atoms with Gasteiger partial charge in [0, 0.05) is 17.9 Å². The largest absolute Gasteiger partial charge is 0.447 e. The predicted molar refractivity (Wildman–Crippen MR) is 92.4 cm³/mol. The van der Waals surface area contributed by atoms with Crippen LogP contribution in [0.2, 0.25) is 0 Å². The average Bonchev–Trinajstić information content (AvgIpc) is 3.06. The molecule has 0 unspecified atom stereocenters. The lowest BCUT2D eigenvalue weighted by atomic mass is 10.1. The highest BCUT2D eigenvalue weighted by Gasteiger charge is 2.30. The molecule has 27 heavy (non-hydrogen) atoms. The number of benzene rings is 2. The number of nitrogens with one attached hydrogen (secondary N) is 2. The Balaban J connectivity index is 1.54. The van der Waals surface area contributed by atoms with Crippen LogP contribution in [0.3, 0.4) is 0 Å². The van der Waals surface area contributed by atoms with E-state index in [-0.39, 0.29) is 6.54 Å². The van der Waals surface area contributed by atoms with Crippen LogP contribution in [0.4, 0.5) is 34.1 Å². The maximum Gasteiger partial charge on any atom is 0.416 e. The molecule has 3 amide bonds. The van der Waals surface area contributed by atoms with Gasteiger partial charge in [0.25, 0.3) is 0 Å². The van der Waals surface area contributed by atoms with Crippen LogP contribution in [0.25, 0.3) is 0 Å². The maximum absolute atomic E-state index is 12.7. The molecule has 0 saturated carbocycles. The number of anilines is 2. The van der Waals surface area contributed by atoms with E-state index < -0.39 is 23.9 Å². The van der Waals surface area contributed by atoms with Gasteiger partial charge in [-0.2, -0.15) is 13.2 Å². The van der Waals surface area contributed by atoms with E-state index in [1.54, 1.807) is 24.3 Å². The number of hydrogen-bond acceptors (Lipinski definition) is 3. The van der Waals surface area contributed by atoms with Gasteiger partial charge in [-0.05, 0) is 42.0 Å². The number of urea groups is 1.